The van der Waals surface area contributed by atoms with E-state index in [9.17, 15) is 13.6 Å². The molecule has 3 rings (SSSR count). The molecule has 1 atom stereocenters. The van der Waals surface area contributed by atoms with Crippen LogP contribution in [0.25, 0.3) is 5.57 Å². The minimum atomic E-state index is -0.955. The number of carbonyl (C=O) groups excluding carboxylic acids is 1. The van der Waals surface area contributed by atoms with Gasteiger partial charge < -0.3 is 11.1 Å². The van der Waals surface area contributed by atoms with E-state index in [2.05, 4.69) is 10.4 Å². The van der Waals surface area contributed by atoms with Crippen LogP contribution in [-0.4, -0.2) is 33.1 Å². The lowest BCUT2D eigenvalue weighted by molar-refractivity contribution is -0.117. The molecular weight excluding hydrogens is 453 g/mol. The normalized spacial score (nSPS) is 15.3. The smallest absolute Gasteiger partial charge is 0.252 e. The number of carbonyl (C=O) groups is 1. The van der Waals surface area contributed by atoms with Crippen LogP contribution in [0.3, 0.4) is 0 Å². The van der Waals surface area contributed by atoms with Gasteiger partial charge in [0.25, 0.3) is 5.91 Å². The molecule has 30 heavy (non-hydrogen) atoms. The van der Waals surface area contributed by atoms with Crippen molar-refractivity contribution in [1.29, 1.82) is 0 Å². The summed E-state index contributed by atoms with van der Waals surface area (Å²) in [6.07, 6.45) is 3.49. The Morgan fingerprint density at radius 2 is 2.10 bits per heavy atom. The van der Waals surface area contributed by atoms with Crippen molar-refractivity contribution >= 4 is 51.8 Å². The number of rotatable bonds is 6. The summed E-state index contributed by atoms with van der Waals surface area (Å²) in [5, 5.41) is 7.64. The minimum Gasteiger partial charge on any atom is -0.348 e. The summed E-state index contributed by atoms with van der Waals surface area (Å²) in [6.45, 7) is 0.101. The Labute approximate surface area is 187 Å². The molecule has 1 aliphatic rings. The highest BCUT2D eigenvalue weighted by Crippen LogP contribution is 2.35. The van der Waals surface area contributed by atoms with Crippen molar-refractivity contribution in [3.05, 3.63) is 69.0 Å². The van der Waals surface area contributed by atoms with Gasteiger partial charge in [0.05, 0.1) is 22.5 Å². The van der Waals surface area contributed by atoms with Gasteiger partial charge in [-0.2, -0.15) is 5.10 Å². The molecule has 2 aromatic rings. The third-order valence-electron chi connectivity index (χ3n) is 4.71. The summed E-state index contributed by atoms with van der Waals surface area (Å²) < 4.78 is 28.1. The van der Waals surface area contributed by atoms with E-state index in [-0.39, 0.29) is 25.0 Å². The molecular formula is C20H18Cl2F2N4OS. The van der Waals surface area contributed by atoms with E-state index in [1.165, 1.54) is 18.3 Å². The van der Waals surface area contributed by atoms with Crippen molar-refractivity contribution < 1.29 is 13.6 Å². The Morgan fingerprint density at radius 1 is 1.37 bits per heavy atom. The Bertz CT molecular complexity index is 1060. The van der Waals surface area contributed by atoms with E-state index in [1.807, 2.05) is 0 Å². The summed E-state index contributed by atoms with van der Waals surface area (Å²) in [6, 6.07) is 3.07. The Kier molecular flexibility index (Phi) is 7.02. The molecule has 0 unspecified atom stereocenters. The second kappa shape index (κ2) is 9.34. The first-order valence-electron chi connectivity index (χ1n) is 8.97. The maximum Gasteiger partial charge on any atom is 0.252 e. The maximum atomic E-state index is 13.4. The number of hydrogen-bond acceptors (Lipinski definition) is 4. The standard InChI is InChI=1S/C20H18Cl2F2N4OS/c1-28-19(15(22)9-26-28)12-7-18(30)13(6-14(12)21)20(29)27-11(8-25)4-10-2-3-16(23)17(24)5-10/h2-3,5-6,9,11H,4,7-8,25H2,1H3,(H,27,29)/t11-/m0/s1. The first kappa shape index (κ1) is 22.6. The van der Waals surface area contributed by atoms with Crippen molar-refractivity contribution in [3.8, 4) is 0 Å². The Morgan fingerprint density at radius 3 is 2.70 bits per heavy atom. The molecule has 1 heterocycles. The highest BCUT2D eigenvalue weighted by atomic mass is 35.5. The lowest BCUT2D eigenvalue weighted by atomic mass is 9.94. The summed E-state index contributed by atoms with van der Waals surface area (Å²) >= 11 is 18.0. The number of benzene rings is 1. The number of aromatic nitrogens is 2. The van der Waals surface area contributed by atoms with Gasteiger partial charge in [-0.3, -0.25) is 9.48 Å². The number of nitrogens with one attached hydrogen (secondary N) is 1. The maximum absolute atomic E-state index is 13.4. The fraction of sp³-hybridized carbons (Fsp3) is 0.250. The van der Waals surface area contributed by atoms with E-state index < -0.39 is 23.6 Å². The van der Waals surface area contributed by atoms with Crippen molar-refractivity contribution in [3.63, 3.8) is 0 Å². The summed E-state index contributed by atoms with van der Waals surface area (Å²) in [4.78, 5) is 13.2. The lowest BCUT2D eigenvalue weighted by Gasteiger charge is -2.22. The van der Waals surface area contributed by atoms with Crippen LogP contribution < -0.4 is 11.1 Å². The molecule has 0 saturated carbocycles. The fourth-order valence-corrected chi connectivity index (χ4v) is 4.02. The van der Waals surface area contributed by atoms with Gasteiger partial charge in [0, 0.05) is 41.5 Å². The number of nitrogens with zero attached hydrogens (tertiary/aromatic N) is 2. The second-order valence-corrected chi connectivity index (χ2v) is 8.12. The van der Waals surface area contributed by atoms with Gasteiger partial charge in [-0.25, -0.2) is 8.78 Å². The monoisotopic (exact) mass is 470 g/mol. The summed E-state index contributed by atoms with van der Waals surface area (Å²) in [7, 11) is 1.73. The molecule has 0 spiro atoms. The molecule has 158 valence electrons. The Balaban J connectivity index is 1.79. The largest absolute Gasteiger partial charge is 0.348 e. The number of halogens is 4. The van der Waals surface area contributed by atoms with E-state index in [1.54, 1.807) is 11.7 Å². The van der Waals surface area contributed by atoms with Crippen LogP contribution in [-0.2, 0) is 18.3 Å². The average molecular weight is 471 g/mol. The van der Waals surface area contributed by atoms with Gasteiger partial charge in [0.15, 0.2) is 11.6 Å². The molecule has 10 heteroatoms. The molecule has 1 aromatic carbocycles. The molecule has 0 bridgehead atoms. The van der Waals surface area contributed by atoms with E-state index >= 15 is 0 Å². The predicted octanol–water partition coefficient (Wildman–Crippen LogP) is 3.69. The summed E-state index contributed by atoms with van der Waals surface area (Å²) in [5.41, 5.74) is 7.83. The van der Waals surface area contributed by atoms with Gasteiger partial charge in [-0.05, 0) is 30.2 Å². The number of amides is 1. The van der Waals surface area contributed by atoms with E-state index in [0.717, 1.165) is 12.1 Å². The lowest BCUT2D eigenvalue weighted by Crippen LogP contribution is -2.43. The van der Waals surface area contributed by atoms with Gasteiger partial charge in [-0.15, -0.1) is 0 Å². The first-order chi connectivity index (χ1) is 14.2. The van der Waals surface area contributed by atoms with Crippen LogP contribution in [0, 0.1) is 11.6 Å². The number of thiocarbonyl (C=S) groups is 1. The highest BCUT2D eigenvalue weighted by Gasteiger charge is 2.27. The topological polar surface area (TPSA) is 72.9 Å². The SMILES string of the molecule is Cn1ncc(Cl)c1C1=C(Cl)C=C(C(=O)N[C@H](CN)Cc2ccc(F)c(F)c2)C(=S)C1. The minimum absolute atomic E-state index is 0.101. The summed E-state index contributed by atoms with van der Waals surface area (Å²) in [5.74, 6) is -2.33. The molecule has 1 amide bonds. The van der Waals surface area contributed by atoms with Crippen molar-refractivity contribution in [1.82, 2.24) is 15.1 Å². The second-order valence-electron chi connectivity index (χ2n) is 6.81. The molecule has 1 aliphatic carbocycles. The van der Waals surface area contributed by atoms with Gasteiger partial charge >= 0.3 is 0 Å². The van der Waals surface area contributed by atoms with Crippen LogP contribution in [0.2, 0.25) is 5.02 Å². The van der Waals surface area contributed by atoms with Crippen LogP contribution >= 0.6 is 35.4 Å². The van der Waals surface area contributed by atoms with Crippen molar-refractivity contribution in [2.75, 3.05) is 6.54 Å². The van der Waals surface area contributed by atoms with Gasteiger partial charge in [0.1, 0.15) is 0 Å². The van der Waals surface area contributed by atoms with Crippen LogP contribution in [0.5, 0.6) is 0 Å². The third kappa shape index (κ3) is 4.78. The van der Waals surface area contributed by atoms with Crippen molar-refractivity contribution in [2.24, 2.45) is 12.8 Å². The van der Waals surface area contributed by atoms with Crippen LogP contribution in [0.15, 0.2) is 41.1 Å². The third-order valence-corrected chi connectivity index (χ3v) is 5.69. The number of allylic oxidation sites excluding steroid dienone is 3. The van der Waals surface area contributed by atoms with E-state index in [4.69, 9.17) is 41.2 Å². The highest BCUT2D eigenvalue weighted by molar-refractivity contribution is 7.81. The molecule has 0 radical (unpaired) electrons. The quantitative estimate of drug-likeness (QED) is 0.631. The van der Waals surface area contributed by atoms with Gasteiger partial charge in [0.2, 0.25) is 0 Å². The van der Waals surface area contributed by atoms with Crippen LogP contribution in [0.4, 0.5) is 8.78 Å². The zero-order valence-corrected chi connectivity index (χ0v) is 18.2. The predicted molar refractivity (Wildman–Crippen MR) is 117 cm³/mol. The fourth-order valence-electron chi connectivity index (χ4n) is 3.18. The van der Waals surface area contributed by atoms with E-state index in [0.29, 0.717) is 31.7 Å². The molecule has 5 nitrogen and oxygen atoms in total. The molecule has 1 aromatic heterocycles. The number of aryl methyl sites for hydroxylation is 1. The zero-order valence-electron chi connectivity index (χ0n) is 15.9. The molecule has 0 fully saturated rings. The molecule has 0 aliphatic heterocycles. The average Bonchev–Trinajstić information content (AvgIpc) is 3.03. The Hall–Kier alpha value is -2.13. The molecule has 0 saturated heterocycles. The molecule has 3 N–H and O–H groups in total. The number of hydrogen-bond donors (Lipinski definition) is 2. The van der Waals surface area contributed by atoms with Gasteiger partial charge in [-0.1, -0.05) is 41.5 Å². The van der Waals surface area contributed by atoms with Crippen molar-refractivity contribution in [2.45, 2.75) is 18.9 Å². The zero-order chi connectivity index (χ0) is 22.0. The van der Waals surface area contributed by atoms with Crippen LogP contribution in [0.1, 0.15) is 17.7 Å². The first-order valence-corrected chi connectivity index (χ1v) is 10.1. The number of nitrogens with two attached hydrogens (primary N) is 1.